The predicted octanol–water partition coefficient (Wildman–Crippen LogP) is 3.07. The van der Waals surface area contributed by atoms with Crippen molar-refractivity contribution in [2.75, 3.05) is 13.1 Å². The third-order valence-corrected chi connectivity index (χ3v) is 5.90. The summed E-state index contributed by atoms with van der Waals surface area (Å²) in [5.41, 5.74) is 0.538. The summed E-state index contributed by atoms with van der Waals surface area (Å²) in [6, 6.07) is 4.48. The second-order valence-electron chi connectivity index (χ2n) is 6.37. The first-order valence-corrected chi connectivity index (χ1v) is 9.10. The molecule has 0 spiro atoms. The van der Waals surface area contributed by atoms with Crippen molar-refractivity contribution in [1.82, 2.24) is 15.2 Å². The maximum atomic E-state index is 12.7. The van der Waals surface area contributed by atoms with Crippen LogP contribution < -0.4 is 5.32 Å². The highest BCUT2D eigenvalue weighted by Gasteiger charge is 2.36. The van der Waals surface area contributed by atoms with Gasteiger partial charge >= 0.3 is 0 Å². The van der Waals surface area contributed by atoms with Crippen LogP contribution in [0.3, 0.4) is 0 Å². The zero-order chi connectivity index (χ0) is 15.8. The van der Waals surface area contributed by atoms with Gasteiger partial charge in [0.05, 0.1) is 6.26 Å². The minimum atomic E-state index is -0.0472. The summed E-state index contributed by atoms with van der Waals surface area (Å²) in [7, 11) is 0. The maximum absolute atomic E-state index is 12.7. The van der Waals surface area contributed by atoms with Crippen molar-refractivity contribution in [3.63, 3.8) is 0 Å². The van der Waals surface area contributed by atoms with Gasteiger partial charge < -0.3 is 9.73 Å². The first-order chi connectivity index (χ1) is 11.2. The topological polar surface area (TPSA) is 58.4 Å². The monoisotopic (exact) mass is 331 g/mol. The van der Waals surface area contributed by atoms with Crippen LogP contribution in [0, 0.1) is 6.92 Å². The lowest BCUT2D eigenvalue weighted by molar-refractivity contribution is 0.0910. The Labute approximate surface area is 139 Å². The Kier molecular flexibility index (Phi) is 3.95. The number of hydrogen-bond donors (Lipinski definition) is 1. The molecule has 5 nitrogen and oxygen atoms in total. The first-order valence-electron chi connectivity index (χ1n) is 8.28. The van der Waals surface area contributed by atoms with Crippen LogP contribution in [0.1, 0.15) is 41.0 Å². The van der Waals surface area contributed by atoms with E-state index >= 15 is 0 Å². The molecule has 0 bridgehead atoms. The van der Waals surface area contributed by atoms with E-state index in [0.29, 0.717) is 11.7 Å². The number of furan rings is 1. The van der Waals surface area contributed by atoms with Crippen molar-refractivity contribution in [2.45, 2.75) is 44.7 Å². The van der Waals surface area contributed by atoms with E-state index in [0.717, 1.165) is 28.6 Å². The lowest BCUT2D eigenvalue weighted by Crippen LogP contribution is -2.46. The summed E-state index contributed by atoms with van der Waals surface area (Å²) in [4.78, 5) is 20.6. The summed E-state index contributed by atoms with van der Waals surface area (Å²) in [6.07, 6.45) is 6.42. The van der Waals surface area contributed by atoms with Gasteiger partial charge in [0.2, 0.25) is 0 Å². The van der Waals surface area contributed by atoms with Crippen molar-refractivity contribution in [3.8, 4) is 10.8 Å². The number of amides is 1. The Morgan fingerprint density at radius 2 is 2.30 bits per heavy atom. The molecule has 2 aliphatic rings. The number of nitrogens with one attached hydrogen (secondary N) is 1. The highest BCUT2D eigenvalue weighted by Crippen LogP contribution is 2.30. The minimum Gasteiger partial charge on any atom is -0.462 e. The maximum Gasteiger partial charge on any atom is 0.271 e. The van der Waals surface area contributed by atoms with Gasteiger partial charge in [0.25, 0.3) is 5.91 Å². The van der Waals surface area contributed by atoms with E-state index in [1.165, 1.54) is 37.1 Å². The Bertz CT molecular complexity index is 695. The van der Waals surface area contributed by atoms with E-state index < -0.39 is 0 Å². The molecule has 1 amide bonds. The molecular weight excluding hydrogens is 310 g/mol. The number of aryl methyl sites for hydroxylation is 1. The Balaban J connectivity index is 1.49. The van der Waals surface area contributed by atoms with Crippen LogP contribution in [-0.4, -0.2) is 41.0 Å². The van der Waals surface area contributed by atoms with E-state index in [2.05, 4.69) is 15.2 Å². The molecule has 2 fully saturated rings. The standard InChI is InChI=1S/C17H21N3O2S/c1-11-15(19-17(23-11)14-6-4-10-22-14)16(21)18-12-7-9-20-8-3-2-5-13(12)20/h4,6,10,12-13H,2-3,5,7-9H2,1H3,(H,18,21). The van der Waals surface area contributed by atoms with Gasteiger partial charge in [-0.15, -0.1) is 11.3 Å². The van der Waals surface area contributed by atoms with Crippen LogP contribution in [-0.2, 0) is 0 Å². The molecule has 6 heteroatoms. The van der Waals surface area contributed by atoms with Crippen molar-refractivity contribution in [3.05, 3.63) is 29.0 Å². The molecule has 2 aliphatic heterocycles. The fourth-order valence-corrected chi connectivity index (χ4v) is 4.64. The average molecular weight is 331 g/mol. The lowest BCUT2D eigenvalue weighted by Gasteiger charge is -2.32. The molecule has 0 radical (unpaired) electrons. The summed E-state index contributed by atoms with van der Waals surface area (Å²) in [5, 5.41) is 3.99. The molecule has 2 aromatic rings. The fraction of sp³-hybridized carbons (Fsp3) is 0.529. The van der Waals surface area contributed by atoms with Crippen LogP contribution in [0.4, 0.5) is 0 Å². The minimum absolute atomic E-state index is 0.0472. The van der Waals surface area contributed by atoms with E-state index in [4.69, 9.17) is 4.42 Å². The third kappa shape index (κ3) is 2.81. The van der Waals surface area contributed by atoms with E-state index in [1.54, 1.807) is 6.26 Å². The molecule has 23 heavy (non-hydrogen) atoms. The molecule has 122 valence electrons. The number of hydrogen-bond acceptors (Lipinski definition) is 5. The number of carbonyl (C=O) groups is 1. The number of aromatic nitrogens is 1. The Morgan fingerprint density at radius 3 is 3.13 bits per heavy atom. The van der Waals surface area contributed by atoms with Crippen molar-refractivity contribution < 1.29 is 9.21 Å². The van der Waals surface area contributed by atoms with E-state index in [1.807, 2.05) is 19.1 Å². The Morgan fingerprint density at radius 1 is 1.39 bits per heavy atom. The number of carbonyl (C=O) groups excluding carboxylic acids is 1. The number of fused-ring (bicyclic) bond motifs is 1. The zero-order valence-electron chi connectivity index (χ0n) is 13.2. The van der Waals surface area contributed by atoms with Crippen molar-refractivity contribution in [1.29, 1.82) is 0 Å². The lowest BCUT2D eigenvalue weighted by atomic mass is 9.99. The van der Waals surface area contributed by atoms with Gasteiger partial charge in [-0.1, -0.05) is 6.42 Å². The molecule has 1 N–H and O–H groups in total. The molecule has 2 unspecified atom stereocenters. The number of rotatable bonds is 3. The quantitative estimate of drug-likeness (QED) is 0.939. The SMILES string of the molecule is Cc1sc(-c2ccco2)nc1C(=O)NC1CCN2CCCCC12. The number of nitrogens with zero attached hydrogens (tertiary/aromatic N) is 2. The second-order valence-corrected chi connectivity index (χ2v) is 7.57. The van der Waals surface area contributed by atoms with Crippen LogP contribution in [0.15, 0.2) is 22.8 Å². The van der Waals surface area contributed by atoms with Gasteiger partial charge in [0, 0.05) is 23.5 Å². The highest BCUT2D eigenvalue weighted by atomic mass is 32.1. The second kappa shape index (κ2) is 6.09. The van der Waals surface area contributed by atoms with Crippen molar-refractivity contribution >= 4 is 17.2 Å². The Hall–Kier alpha value is -1.66. The largest absolute Gasteiger partial charge is 0.462 e. The summed E-state index contributed by atoms with van der Waals surface area (Å²) in [6.45, 7) is 4.22. The highest BCUT2D eigenvalue weighted by molar-refractivity contribution is 7.15. The molecule has 2 aromatic heterocycles. The molecule has 0 aromatic carbocycles. The van der Waals surface area contributed by atoms with Crippen LogP contribution in [0.25, 0.3) is 10.8 Å². The smallest absolute Gasteiger partial charge is 0.271 e. The summed E-state index contributed by atoms with van der Waals surface area (Å²) >= 11 is 1.50. The molecule has 4 rings (SSSR count). The zero-order valence-corrected chi connectivity index (χ0v) is 14.1. The van der Waals surface area contributed by atoms with Gasteiger partial charge in [-0.25, -0.2) is 4.98 Å². The van der Waals surface area contributed by atoms with Gasteiger partial charge in [-0.3, -0.25) is 9.69 Å². The van der Waals surface area contributed by atoms with Gasteiger partial charge in [-0.05, 0) is 44.9 Å². The van der Waals surface area contributed by atoms with E-state index in [-0.39, 0.29) is 11.9 Å². The van der Waals surface area contributed by atoms with Gasteiger partial charge in [0.1, 0.15) is 5.69 Å². The van der Waals surface area contributed by atoms with Gasteiger partial charge in [0.15, 0.2) is 10.8 Å². The molecule has 4 heterocycles. The molecular formula is C17H21N3O2S. The first kappa shape index (κ1) is 14.9. The van der Waals surface area contributed by atoms with Crippen LogP contribution in [0.5, 0.6) is 0 Å². The van der Waals surface area contributed by atoms with Crippen LogP contribution >= 0.6 is 11.3 Å². The summed E-state index contributed by atoms with van der Waals surface area (Å²) < 4.78 is 5.38. The third-order valence-electron chi connectivity index (χ3n) is 4.92. The predicted molar refractivity (Wildman–Crippen MR) is 89.6 cm³/mol. The molecule has 0 aliphatic carbocycles. The molecule has 2 saturated heterocycles. The summed E-state index contributed by atoms with van der Waals surface area (Å²) in [5.74, 6) is 0.672. The average Bonchev–Trinajstić information content (AvgIpc) is 3.27. The number of piperidine rings is 1. The van der Waals surface area contributed by atoms with E-state index in [9.17, 15) is 4.79 Å². The molecule has 0 saturated carbocycles. The fourth-order valence-electron chi connectivity index (χ4n) is 3.77. The van der Waals surface area contributed by atoms with Crippen molar-refractivity contribution in [2.24, 2.45) is 0 Å². The normalized spacial score (nSPS) is 24.6. The molecule has 2 atom stereocenters. The van der Waals surface area contributed by atoms with Gasteiger partial charge in [-0.2, -0.15) is 0 Å². The number of thiazole rings is 1. The van der Waals surface area contributed by atoms with Crippen LogP contribution in [0.2, 0.25) is 0 Å².